The summed E-state index contributed by atoms with van der Waals surface area (Å²) < 4.78 is 11.4. The Morgan fingerprint density at radius 3 is 2.67 bits per heavy atom. The first-order chi connectivity index (χ1) is 11.6. The zero-order valence-corrected chi connectivity index (χ0v) is 12.4. The Bertz CT molecular complexity index is 972. The molecule has 0 aliphatic carbocycles. The highest BCUT2D eigenvalue weighted by atomic mass is 16.6. The molecule has 0 unspecified atom stereocenters. The maximum Gasteiger partial charge on any atom is 0.419 e. The van der Waals surface area contributed by atoms with Crippen LogP contribution < -0.4 is 10.5 Å². The van der Waals surface area contributed by atoms with E-state index in [0.29, 0.717) is 11.1 Å². The first kappa shape index (κ1) is 15.5. The number of hydrogen-bond donors (Lipinski definition) is 0. The second-order valence-electron chi connectivity index (χ2n) is 4.94. The molecule has 0 aliphatic rings. The minimum Gasteiger partial charge on any atom is -0.419 e. The number of aryl methyl sites for hydroxylation is 1. The molecule has 0 N–H and O–H groups in total. The number of nitrogens with zero attached hydrogens (tertiary/aromatic N) is 2. The Balaban J connectivity index is 1.73. The van der Waals surface area contributed by atoms with E-state index in [1.165, 1.54) is 28.8 Å². The predicted molar refractivity (Wildman–Crippen MR) is 83.8 cm³/mol. The Hall–Kier alpha value is -3.42. The molecule has 24 heavy (non-hydrogen) atoms. The molecule has 1 heterocycles. The van der Waals surface area contributed by atoms with Gasteiger partial charge in [0.05, 0.1) is 16.9 Å². The van der Waals surface area contributed by atoms with Gasteiger partial charge < -0.3 is 9.15 Å². The number of carbonyl (C=O) groups excluding carboxylic acids is 1. The zero-order valence-electron chi connectivity index (χ0n) is 12.4. The summed E-state index contributed by atoms with van der Waals surface area (Å²) in [6.45, 7) is 0.0509. The lowest BCUT2D eigenvalue weighted by Gasteiger charge is -2.05. The summed E-state index contributed by atoms with van der Waals surface area (Å²) in [4.78, 5) is 34.0. The number of benzene rings is 2. The Kier molecular flexibility index (Phi) is 4.11. The van der Waals surface area contributed by atoms with Crippen molar-refractivity contribution in [2.24, 2.45) is 0 Å². The van der Waals surface area contributed by atoms with Crippen molar-refractivity contribution in [1.29, 1.82) is 0 Å². The number of nitro groups is 1. The molecule has 0 atom stereocenters. The summed E-state index contributed by atoms with van der Waals surface area (Å²) in [7, 11) is 0. The van der Waals surface area contributed by atoms with Crippen LogP contribution in [0.15, 0.2) is 57.7 Å². The van der Waals surface area contributed by atoms with Crippen molar-refractivity contribution in [1.82, 2.24) is 4.57 Å². The molecule has 0 fully saturated rings. The van der Waals surface area contributed by atoms with Crippen LogP contribution in [0.1, 0.15) is 6.42 Å². The van der Waals surface area contributed by atoms with Crippen LogP contribution in [0.4, 0.5) is 5.69 Å². The van der Waals surface area contributed by atoms with E-state index in [9.17, 15) is 19.7 Å². The minimum atomic E-state index is -0.679. The molecule has 8 heteroatoms. The smallest absolute Gasteiger partial charge is 0.419 e. The Morgan fingerprint density at radius 1 is 1.17 bits per heavy atom. The van der Waals surface area contributed by atoms with Crippen LogP contribution in [-0.4, -0.2) is 15.5 Å². The highest BCUT2D eigenvalue weighted by Crippen LogP contribution is 2.26. The number of esters is 1. The minimum absolute atomic E-state index is 0.0509. The number of carbonyl (C=O) groups is 1. The largest absolute Gasteiger partial charge is 0.419 e. The molecule has 3 rings (SSSR count). The van der Waals surface area contributed by atoms with Crippen molar-refractivity contribution >= 4 is 22.8 Å². The third kappa shape index (κ3) is 3.02. The van der Waals surface area contributed by atoms with Gasteiger partial charge >= 0.3 is 17.4 Å². The van der Waals surface area contributed by atoms with Crippen LogP contribution in [0.3, 0.4) is 0 Å². The van der Waals surface area contributed by atoms with Crippen LogP contribution in [0.25, 0.3) is 11.1 Å². The van der Waals surface area contributed by atoms with Crippen molar-refractivity contribution in [2.75, 3.05) is 0 Å². The summed E-state index contributed by atoms with van der Waals surface area (Å²) in [5.74, 6) is -1.38. The summed E-state index contributed by atoms with van der Waals surface area (Å²) in [5.41, 5.74) is 0.701. The molecule has 0 spiro atoms. The monoisotopic (exact) mass is 328 g/mol. The van der Waals surface area contributed by atoms with E-state index in [4.69, 9.17) is 9.15 Å². The van der Waals surface area contributed by atoms with E-state index in [1.54, 1.807) is 24.3 Å². The van der Waals surface area contributed by atoms with Crippen LogP contribution in [0, 0.1) is 10.1 Å². The van der Waals surface area contributed by atoms with Gasteiger partial charge in [-0.25, -0.2) is 4.79 Å². The molecule has 3 aromatic rings. The fourth-order valence-corrected chi connectivity index (χ4v) is 2.30. The number of aromatic nitrogens is 1. The van der Waals surface area contributed by atoms with Gasteiger partial charge in [-0.3, -0.25) is 19.5 Å². The first-order valence-corrected chi connectivity index (χ1v) is 7.09. The molecule has 1 aromatic heterocycles. The normalized spacial score (nSPS) is 10.7. The molecular weight excluding hydrogens is 316 g/mol. The number of para-hydroxylation sites is 4. The Morgan fingerprint density at radius 2 is 1.88 bits per heavy atom. The van der Waals surface area contributed by atoms with Gasteiger partial charge in [-0.05, 0) is 18.2 Å². The van der Waals surface area contributed by atoms with Gasteiger partial charge in [0.1, 0.15) is 0 Å². The average molecular weight is 328 g/mol. The third-order valence-corrected chi connectivity index (χ3v) is 3.40. The van der Waals surface area contributed by atoms with Crippen LogP contribution in [0.5, 0.6) is 5.75 Å². The molecule has 0 amide bonds. The molecule has 8 nitrogen and oxygen atoms in total. The highest BCUT2D eigenvalue weighted by molar-refractivity contribution is 5.75. The maximum atomic E-state index is 11.9. The lowest BCUT2D eigenvalue weighted by molar-refractivity contribution is -0.385. The van der Waals surface area contributed by atoms with Gasteiger partial charge in [0, 0.05) is 12.6 Å². The molecule has 0 saturated carbocycles. The number of hydrogen-bond acceptors (Lipinski definition) is 6. The third-order valence-electron chi connectivity index (χ3n) is 3.40. The number of rotatable bonds is 5. The number of oxazole rings is 1. The van der Waals surface area contributed by atoms with Gasteiger partial charge in [0.15, 0.2) is 5.58 Å². The van der Waals surface area contributed by atoms with Gasteiger partial charge in [-0.2, -0.15) is 0 Å². The van der Waals surface area contributed by atoms with Gasteiger partial charge in [-0.15, -0.1) is 0 Å². The molecule has 0 saturated heterocycles. The standard InChI is InChI=1S/C16H12N2O6/c19-15(23-14-8-4-2-6-12(14)18(21)22)9-10-17-11-5-1-3-7-13(11)24-16(17)20/h1-8H,9-10H2. The predicted octanol–water partition coefficient (Wildman–Crippen LogP) is 2.50. The fourth-order valence-electron chi connectivity index (χ4n) is 2.30. The van der Waals surface area contributed by atoms with Crippen molar-refractivity contribution in [3.05, 3.63) is 69.2 Å². The number of ether oxygens (including phenoxy) is 1. The summed E-state index contributed by atoms with van der Waals surface area (Å²) in [6, 6.07) is 12.4. The van der Waals surface area contributed by atoms with Crippen molar-refractivity contribution in [2.45, 2.75) is 13.0 Å². The average Bonchev–Trinajstić information content (AvgIpc) is 2.88. The maximum absolute atomic E-state index is 11.9. The van der Waals surface area contributed by atoms with E-state index in [2.05, 4.69) is 0 Å². The quantitative estimate of drug-likeness (QED) is 0.308. The Labute approximate surface area is 135 Å². The number of nitro benzene ring substituents is 1. The van der Waals surface area contributed by atoms with Crippen LogP contribution in [-0.2, 0) is 11.3 Å². The molecule has 122 valence electrons. The molecule has 0 radical (unpaired) electrons. The van der Waals surface area contributed by atoms with Crippen molar-refractivity contribution < 1.29 is 18.9 Å². The van der Waals surface area contributed by atoms with E-state index in [0.717, 1.165) is 0 Å². The summed E-state index contributed by atoms with van der Waals surface area (Å²) in [5, 5.41) is 10.9. The molecular formula is C16H12N2O6. The second-order valence-corrected chi connectivity index (χ2v) is 4.94. The van der Waals surface area contributed by atoms with E-state index < -0.39 is 16.6 Å². The van der Waals surface area contributed by atoms with Gasteiger partial charge in [0.2, 0.25) is 5.75 Å². The topological polar surface area (TPSA) is 105 Å². The fraction of sp³-hybridized carbons (Fsp3) is 0.125. The molecule has 2 aromatic carbocycles. The van der Waals surface area contributed by atoms with Crippen molar-refractivity contribution in [3.8, 4) is 5.75 Å². The van der Waals surface area contributed by atoms with E-state index >= 15 is 0 Å². The molecule has 0 aliphatic heterocycles. The van der Waals surface area contributed by atoms with E-state index in [1.807, 2.05) is 0 Å². The lowest BCUT2D eigenvalue weighted by Crippen LogP contribution is -2.18. The summed E-state index contributed by atoms with van der Waals surface area (Å²) in [6.07, 6.45) is -0.129. The highest BCUT2D eigenvalue weighted by Gasteiger charge is 2.17. The second kappa shape index (κ2) is 6.37. The molecule has 0 bridgehead atoms. The van der Waals surface area contributed by atoms with E-state index in [-0.39, 0.29) is 24.4 Å². The van der Waals surface area contributed by atoms with Gasteiger partial charge in [-0.1, -0.05) is 24.3 Å². The SMILES string of the molecule is O=C(CCn1c(=O)oc2ccccc21)Oc1ccccc1[N+](=O)[O-]. The number of fused-ring (bicyclic) bond motifs is 1. The first-order valence-electron chi connectivity index (χ1n) is 7.09. The lowest BCUT2D eigenvalue weighted by atomic mass is 10.3. The van der Waals surface area contributed by atoms with Crippen LogP contribution >= 0.6 is 0 Å². The summed E-state index contributed by atoms with van der Waals surface area (Å²) >= 11 is 0. The van der Waals surface area contributed by atoms with Crippen LogP contribution in [0.2, 0.25) is 0 Å². The van der Waals surface area contributed by atoms with Crippen molar-refractivity contribution in [3.63, 3.8) is 0 Å². The zero-order chi connectivity index (χ0) is 17.1. The van der Waals surface area contributed by atoms with Gasteiger partial charge in [0.25, 0.3) is 0 Å².